The summed E-state index contributed by atoms with van der Waals surface area (Å²) in [4.78, 5) is 29.9. The Morgan fingerprint density at radius 3 is 2.60 bits per heavy atom. The van der Waals surface area contributed by atoms with Crippen molar-refractivity contribution in [2.45, 2.75) is 25.7 Å². The van der Waals surface area contributed by atoms with E-state index >= 15 is 0 Å². The number of nitrogens with zero attached hydrogens (tertiary/aromatic N) is 2. The molecular formula is C14H20N4O2. The lowest BCUT2D eigenvalue weighted by Crippen LogP contribution is -2.44. The van der Waals surface area contributed by atoms with Crippen LogP contribution in [0.5, 0.6) is 0 Å². The summed E-state index contributed by atoms with van der Waals surface area (Å²) < 4.78 is 0. The number of amides is 2. The maximum absolute atomic E-state index is 12.1. The van der Waals surface area contributed by atoms with Crippen LogP contribution in [0.3, 0.4) is 0 Å². The minimum absolute atomic E-state index is 0.0255. The van der Waals surface area contributed by atoms with E-state index in [4.69, 9.17) is 0 Å². The summed E-state index contributed by atoms with van der Waals surface area (Å²) in [6.45, 7) is 0. The molecule has 0 unspecified atom stereocenters. The van der Waals surface area contributed by atoms with Gasteiger partial charge in [0.1, 0.15) is 5.82 Å². The molecule has 0 saturated heterocycles. The van der Waals surface area contributed by atoms with Crippen LogP contribution in [0, 0.1) is 5.92 Å². The highest BCUT2D eigenvalue weighted by atomic mass is 16.2. The fourth-order valence-corrected chi connectivity index (χ4v) is 2.41. The largest absolute Gasteiger partial charge is 0.362 e. The van der Waals surface area contributed by atoms with E-state index in [0.717, 1.165) is 25.7 Å². The summed E-state index contributed by atoms with van der Waals surface area (Å²) in [7, 11) is 3.63. The van der Waals surface area contributed by atoms with Crippen molar-refractivity contribution >= 4 is 17.6 Å². The van der Waals surface area contributed by atoms with Crippen LogP contribution in [-0.2, 0) is 4.79 Å². The third-order valence-electron chi connectivity index (χ3n) is 3.48. The molecule has 0 radical (unpaired) electrons. The molecule has 1 aliphatic rings. The first-order valence-corrected chi connectivity index (χ1v) is 6.82. The van der Waals surface area contributed by atoms with Gasteiger partial charge in [-0.1, -0.05) is 12.8 Å². The zero-order chi connectivity index (χ0) is 14.5. The SMILES string of the molecule is CN(C)c1ncccc1C(=O)NNC(=O)C1CCCC1. The molecule has 0 aromatic carbocycles. The van der Waals surface area contributed by atoms with Crippen molar-refractivity contribution in [3.63, 3.8) is 0 Å². The summed E-state index contributed by atoms with van der Waals surface area (Å²) >= 11 is 0. The van der Waals surface area contributed by atoms with Gasteiger partial charge in [-0.05, 0) is 25.0 Å². The predicted octanol–water partition coefficient (Wildman–Crippen LogP) is 1.10. The van der Waals surface area contributed by atoms with Crippen LogP contribution in [0.2, 0.25) is 0 Å². The zero-order valence-corrected chi connectivity index (χ0v) is 11.8. The van der Waals surface area contributed by atoms with Crippen LogP contribution in [0.25, 0.3) is 0 Å². The lowest BCUT2D eigenvalue weighted by molar-refractivity contribution is -0.125. The van der Waals surface area contributed by atoms with Gasteiger partial charge in [-0.25, -0.2) is 4.98 Å². The molecule has 1 aliphatic carbocycles. The molecule has 6 heteroatoms. The first kappa shape index (κ1) is 14.3. The molecule has 108 valence electrons. The Kier molecular flexibility index (Phi) is 4.55. The van der Waals surface area contributed by atoms with Crippen LogP contribution >= 0.6 is 0 Å². The predicted molar refractivity (Wildman–Crippen MR) is 76.1 cm³/mol. The molecule has 0 bridgehead atoms. The molecule has 1 fully saturated rings. The Bertz CT molecular complexity index is 496. The van der Waals surface area contributed by atoms with E-state index in [1.807, 2.05) is 14.1 Å². The highest BCUT2D eigenvalue weighted by molar-refractivity contribution is 5.99. The summed E-state index contributed by atoms with van der Waals surface area (Å²) in [5, 5.41) is 0. The quantitative estimate of drug-likeness (QED) is 0.811. The second-order valence-corrected chi connectivity index (χ2v) is 5.19. The van der Waals surface area contributed by atoms with E-state index in [2.05, 4.69) is 15.8 Å². The lowest BCUT2D eigenvalue weighted by atomic mass is 10.1. The second-order valence-electron chi connectivity index (χ2n) is 5.19. The Morgan fingerprint density at radius 2 is 1.95 bits per heavy atom. The first-order valence-electron chi connectivity index (χ1n) is 6.82. The number of hydrazine groups is 1. The zero-order valence-electron chi connectivity index (χ0n) is 11.8. The lowest BCUT2D eigenvalue weighted by Gasteiger charge is -2.16. The maximum Gasteiger partial charge on any atom is 0.273 e. The van der Waals surface area contributed by atoms with E-state index in [9.17, 15) is 9.59 Å². The highest BCUT2D eigenvalue weighted by Gasteiger charge is 2.23. The van der Waals surface area contributed by atoms with Crippen molar-refractivity contribution in [3.05, 3.63) is 23.9 Å². The van der Waals surface area contributed by atoms with Gasteiger partial charge in [0.15, 0.2) is 0 Å². The summed E-state index contributed by atoms with van der Waals surface area (Å²) in [5.74, 6) is 0.136. The van der Waals surface area contributed by atoms with Gasteiger partial charge in [0.2, 0.25) is 5.91 Å². The van der Waals surface area contributed by atoms with Crippen LogP contribution < -0.4 is 15.8 Å². The summed E-state index contributed by atoms with van der Waals surface area (Å²) in [6, 6.07) is 3.38. The number of rotatable bonds is 3. The third-order valence-corrected chi connectivity index (χ3v) is 3.48. The van der Waals surface area contributed by atoms with Crippen LogP contribution in [-0.4, -0.2) is 30.9 Å². The van der Waals surface area contributed by atoms with Gasteiger partial charge in [-0.3, -0.25) is 20.4 Å². The van der Waals surface area contributed by atoms with Gasteiger partial charge in [-0.2, -0.15) is 0 Å². The van der Waals surface area contributed by atoms with Gasteiger partial charge >= 0.3 is 0 Å². The van der Waals surface area contributed by atoms with Crippen LogP contribution in [0.4, 0.5) is 5.82 Å². The minimum Gasteiger partial charge on any atom is -0.362 e. The van der Waals surface area contributed by atoms with E-state index in [1.165, 1.54) is 0 Å². The number of nitrogens with one attached hydrogen (secondary N) is 2. The molecule has 0 atom stereocenters. The van der Waals surface area contributed by atoms with Crippen LogP contribution in [0.15, 0.2) is 18.3 Å². The standard InChI is InChI=1S/C14H20N4O2/c1-18(2)12-11(8-5-9-15-12)14(20)17-16-13(19)10-6-3-4-7-10/h5,8-10H,3-4,6-7H2,1-2H3,(H,16,19)(H,17,20). The van der Waals surface area contributed by atoms with Crippen molar-refractivity contribution in [2.24, 2.45) is 5.92 Å². The van der Waals surface area contributed by atoms with E-state index < -0.39 is 0 Å². The normalized spacial score (nSPS) is 14.9. The number of hydrogen-bond acceptors (Lipinski definition) is 4. The van der Waals surface area contributed by atoms with Crippen molar-refractivity contribution < 1.29 is 9.59 Å². The molecule has 6 nitrogen and oxygen atoms in total. The monoisotopic (exact) mass is 276 g/mol. The van der Waals surface area contributed by atoms with E-state index in [0.29, 0.717) is 11.4 Å². The fourth-order valence-electron chi connectivity index (χ4n) is 2.41. The third kappa shape index (κ3) is 3.26. The smallest absolute Gasteiger partial charge is 0.273 e. The van der Waals surface area contributed by atoms with E-state index in [1.54, 1.807) is 23.2 Å². The van der Waals surface area contributed by atoms with Gasteiger partial charge < -0.3 is 4.90 Å². The molecule has 1 saturated carbocycles. The number of carbonyl (C=O) groups excluding carboxylic acids is 2. The number of hydrogen-bond donors (Lipinski definition) is 2. The number of aromatic nitrogens is 1. The first-order chi connectivity index (χ1) is 9.59. The Labute approximate surface area is 118 Å². The van der Waals surface area contributed by atoms with Crippen molar-refractivity contribution in [1.29, 1.82) is 0 Å². The van der Waals surface area contributed by atoms with Crippen molar-refractivity contribution in [3.8, 4) is 0 Å². The Balaban J connectivity index is 1.96. The van der Waals surface area contributed by atoms with Crippen molar-refractivity contribution in [2.75, 3.05) is 19.0 Å². The average molecular weight is 276 g/mol. The molecular weight excluding hydrogens is 256 g/mol. The summed E-state index contributed by atoms with van der Waals surface area (Å²) in [6.07, 6.45) is 5.59. The van der Waals surface area contributed by atoms with Gasteiger partial charge in [0.25, 0.3) is 5.91 Å². The van der Waals surface area contributed by atoms with Gasteiger partial charge in [0, 0.05) is 26.2 Å². The van der Waals surface area contributed by atoms with Gasteiger partial charge in [-0.15, -0.1) is 0 Å². The van der Waals surface area contributed by atoms with Gasteiger partial charge in [0.05, 0.1) is 5.56 Å². The molecule has 0 spiro atoms. The Hall–Kier alpha value is -2.11. The second kappa shape index (κ2) is 6.36. The molecule has 1 heterocycles. The topological polar surface area (TPSA) is 74.3 Å². The van der Waals surface area contributed by atoms with Crippen molar-refractivity contribution in [1.82, 2.24) is 15.8 Å². The molecule has 0 aliphatic heterocycles. The number of pyridine rings is 1. The molecule has 20 heavy (non-hydrogen) atoms. The average Bonchev–Trinajstić information content (AvgIpc) is 2.98. The minimum atomic E-state index is -0.354. The van der Waals surface area contributed by atoms with Crippen LogP contribution in [0.1, 0.15) is 36.0 Å². The van der Waals surface area contributed by atoms with E-state index in [-0.39, 0.29) is 17.7 Å². The Morgan fingerprint density at radius 1 is 1.25 bits per heavy atom. The molecule has 1 aromatic heterocycles. The maximum atomic E-state index is 12.1. The number of anilines is 1. The summed E-state index contributed by atoms with van der Waals surface area (Å²) in [5.41, 5.74) is 5.40. The highest BCUT2D eigenvalue weighted by Crippen LogP contribution is 2.24. The fraction of sp³-hybridized carbons (Fsp3) is 0.500. The molecule has 1 aromatic rings. The molecule has 2 N–H and O–H groups in total. The molecule has 2 amide bonds. The molecule has 2 rings (SSSR count). The number of carbonyl (C=O) groups is 2.